The summed E-state index contributed by atoms with van der Waals surface area (Å²) in [5, 5.41) is 0. The Labute approximate surface area is 150 Å². The molecule has 0 aliphatic heterocycles. The molecule has 1 unspecified atom stereocenters. The van der Waals surface area contributed by atoms with E-state index in [2.05, 4.69) is 30.9 Å². The Hall–Kier alpha value is 0.459. The fourth-order valence-corrected chi connectivity index (χ4v) is 17.7. The van der Waals surface area contributed by atoms with Crippen molar-refractivity contribution in [1.82, 2.24) is 0 Å². The summed E-state index contributed by atoms with van der Waals surface area (Å²) in [6.07, 6.45) is 11.8. The Bertz CT molecular complexity index is 257. The van der Waals surface area contributed by atoms with Gasteiger partial charge in [-0.25, -0.2) is 0 Å². The molecule has 0 aliphatic rings. The van der Waals surface area contributed by atoms with Crippen molar-refractivity contribution >= 4 is 18.4 Å². The van der Waals surface area contributed by atoms with Crippen LogP contribution < -0.4 is 0 Å². The molecule has 1 atom stereocenters. The Morgan fingerprint density at radius 2 is 1.35 bits per heavy atom. The van der Waals surface area contributed by atoms with Gasteiger partial charge in [0.1, 0.15) is 0 Å². The summed E-state index contributed by atoms with van der Waals surface area (Å²) in [5.74, 6) is 0. The van der Waals surface area contributed by atoms with Crippen molar-refractivity contribution in [3.05, 3.63) is 10.2 Å². The second kappa shape index (κ2) is 16.0. The van der Waals surface area contributed by atoms with Crippen molar-refractivity contribution < 1.29 is 9.47 Å². The molecule has 0 saturated carbocycles. The predicted molar refractivity (Wildman–Crippen MR) is 106 cm³/mol. The van der Waals surface area contributed by atoms with Gasteiger partial charge in [-0.05, 0) is 0 Å². The van der Waals surface area contributed by atoms with E-state index in [9.17, 15) is 0 Å². The van der Waals surface area contributed by atoms with Gasteiger partial charge in [0.25, 0.3) is 0 Å². The summed E-state index contributed by atoms with van der Waals surface area (Å²) in [6, 6.07) is 0. The van der Waals surface area contributed by atoms with Crippen LogP contribution in [0.15, 0.2) is 10.2 Å². The summed E-state index contributed by atoms with van der Waals surface area (Å²) in [4.78, 5) is 0. The molecule has 0 bridgehead atoms. The van der Waals surface area contributed by atoms with Gasteiger partial charge in [-0.2, -0.15) is 0 Å². The van der Waals surface area contributed by atoms with Crippen molar-refractivity contribution in [2.75, 3.05) is 13.2 Å². The van der Waals surface area contributed by atoms with Crippen LogP contribution in [0.3, 0.4) is 0 Å². The van der Waals surface area contributed by atoms with E-state index in [0.29, 0.717) is 0 Å². The third-order valence-electron chi connectivity index (χ3n) is 4.59. The van der Waals surface area contributed by atoms with E-state index in [0.717, 1.165) is 19.6 Å². The summed E-state index contributed by atoms with van der Waals surface area (Å²) in [5.41, 5.74) is 0. The number of ether oxygens (including phenoxy) is 2. The van der Waals surface area contributed by atoms with E-state index in [1.807, 2.05) is 13.8 Å². The maximum absolute atomic E-state index is 5.69. The second-order valence-electron chi connectivity index (χ2n) is 6.76. The fraction of sp³-hybridized carbons (Fsp3) is 0.900. The molecular weight excluding hydrogens is 391 g/mol. The van der Waals surface area contributed by atoms with E-state index in [4.69, 9.17) is 9.47 Å². The molecule has 0 amide bonds. The average Bonchev–Trinajstić information content (AvgIpc) is 2.55. The summed E-state index contributed by atoms with van der Waals surface area (Å²) < 4.78 is 18.5. The molecule has 138 valence electrons. The normalized spacial score (nSPS) is 13.8. The molecule has 0 saturated heterocycles. The Morgan fingerprint density at radius 1 is 0.826 bits per heavy atom. The third kappa shape index (κ3) is 12.5. The maximum atomic E-state index is 5.69. The van der Waals surface area contributed by atoms with E-state index in [-0.39, 0.29) is 6.29 Å². The zero-order valence-corrected chi connectivity index (χ0v) is 19.4. The van der Waals surface area contributed by atoms with Crippen molar-refractivity contribution in [2.24, 2.45) is 0 Å². The number of unbranched alkanes of at least 4 members (excludes halogenated alkanes) is 3. The molecule has 23 heavy (non-hydrogen) atoms. The van der Waals surface area contributed by atoms with Crippen molar-refractivity contribution in [2.45, 2.75) is 99.2 Å². The first-order chi connectivity index (χ1) is 11.1. The molecule has 0 rings (SSSR count). The Morgan fingerprint density at radius 3 is 1.78 bits per heavy atom. The van der Waals surface area contributed by atoms with Crippen LogP contribution in [0.1, 0.15) is 79.6 Å². The molecule has 0 aliphatic carbocycles. The van der Waals surface area contributed by atoms with Gasteiger partial charge in [0.2, 0.25) is 0 Å². The van der Waals surface area contributed by atoms with Crippen LogP contribution in [0.5, 0.6) is 0 Å². The van der Waals surface area contributed by atoms with E-state index < -0.39 is 18.4 Å². The third-order valence-corrected chi connectivity index (χ3v) is 18.8. The van der Waals surface area contributed by atoms with Crippen molar-refractivity contribution in [3.63, 3.8) is 0 Å². The standard InChI is InChI=1S/C8H15O2.3C4H9.Sn/c1-4-6-7-10-8(3)9-5-2;3*1-3-4-2;/h1,4,8H,5-7H2,2-3H3;3*1,3-4H2,2H3;. The van der Waals surface area contributed by atoms with Gasteiger partial charge in [0.15, 0.2) is 0 Å². The van der Waals surface area contributed by atoms with Crippen LogP contribution in [0.25, 0.3) is 0 Å². The summed E-state index contributed by atoms with van der Waals surface area (Å²) >= 11 is -2.06. The van der Waals surface area contributed by atoms with Gasteiger partial charge < -0.3 is 0 Å². The van der Waals surface area contributed by atoms with Crippen LogP contribution >= 0.6 is 0 Å². The van der Waals surface area contributed by atoms with Gasteiger partial charge in [-0.15, -0.1) is 0 Å². The number of rotatable bonds is 16. The number of hydrogen-bond acceptors (Lipinski definition) is 2. The molecule has 0 heterocycles. The fourth-order valence-electron chi connectivity index (χ4n) is 3.13. The molecule has 0 fully saturated rings. The zero-order chi connectivity index (χ0) is 17.4. The average molecular weight is 433 g/mol. The SMILES string of the molecule is CCC[CH2][Sn](/[CH]=C/CCOC(C)OCC)([CH2]CCC)[CH2]CCC. The summed E-state index contributed by atoms with van der Waals surface area (Å²) in [6.45, 7) is 12.5. The molecule has 0 radical (unpaired) electrons. The molecule has 0 spiro atoms. The van der Waals surface area contributed by atoms with Crippen molar-refractivity contribution in [1.29, 1.82) is 0 Å². The second-order valence-corrected chi connectivity index (χ2v) is 19.8. The van der Waals surface area contributed by atoms with Crippen LogP contribution in [0.4, 0.5) is 0 Å². The van der Waals surface area contributed by atoms with Gasteiger partial charge in [0, 0.05) is 0 Å². The van der Waals surface area contributed by atoms with Gasteiger partial charge in [-0.3, -0.25) is 0 Å². The monoisotopic (exact) mass is 434 g/mol. The van der Waals surface area contributed by atoms with E-state index in [1.54, 1.807) is 13.3 Å². The van der Waals surface area contributed by atoms with Crippen molar-refractivity contribution in [3.8, 4) is 0 Å². The Balaban J connectivity index is 4.51. The minimum atomic E-state index is -2.06. The van der Waals surface area contributed by atoms with Crippen LogP contribution in [0.2, 0.25) is 13.3 Å². The Kier molecular flexibility index (Phi) is 16.3. The summed E-state index contributed by atoms with van der Waals surface area (Å²) in [7, 11) is 0. The van der Waals surface area contributed by atoms with E-state index >= 15 is 0 Å². The van der Waals surface area contributed by atoms with Crippen LogP contribution in [-0.2, 0) is 9.47 Å². The molecular formula is C20H42O2Sn. The first-order valence-electron chi connectivity index (χ1n) is 10.0. The molecule has 0 aromatic heterocycles. The topological polar surface area (TPSA) is 18.5 Å². The van der Waals surface area contributed by atoms with Gasteiger partial charge >= 0.3 is 150 Å². The van der Waals surface area contributed by atoms with Gasteiger partial charge in [-0.1, -0.05) is 0 Å². The van der Waals surface area contributed by atoms with Crippen LogP contribution in [-0.4, -0.2) is 37.9 Å². The first-order valence-corrected chi connectivity index (χ1v) is 17.7. The number of hydrogen-bond donors (Lipinski definition) is 0. The van der Waals surface area contributed by atoms with Gasteiger partial charge in [0.05, 0.1) is 0 Å². The molecule has 0 N–H and O–H groups in total. The molecule has 0 aromatic rings. The first kappa shape index (κ1) is 23.5. The molecule has 2 nitrogen and oxygen atoms in total. The predicted octanol–water partition coefficient (Wildman–Crippen LogP) is 6.72. The molecule has 3 heteroatoms. The van der Waals surface area contributed by atoms with E-state index in [1.165, 1.54) is 38.5 Å². The van der Waals surface area contributed by atoms with Crippen LogP contribution in [0, 0.1) is 0 Å². The quantitative estimate of drug-likeness (QED) is 0.153. The minimum absolute atomic E-state index is 0.0676. The molecule has 0 aromatic carbocycles. The zero-order valence-electron chi connectivity index (χ0n) is 16.5.